The predicted molar refractivity (Wildman–Crippen MR) is 132 cm³/mol. The average molecular weight is 482 g/mol. The summed E-state index contributed by atoms with van der Waals surface area (Å²) in [4.78, 5) is 25.8. The number of aryl methyl sites for hydroxylation is 1. The summed E-state index contributed by atoms with van der Waals surface area (Å²) < 4.78 is 11.8. The molecular weight excluding hydrogens is 450 g/mol. The third-order valence-corrected chi connectivity index (χ3v) is 5.94. The molecule has 0 atom stereocenters. The fourth-order valence-electron chi connectivity index (χ4n) is 2.98. The third kappa shape index (κ3) is 7.45. The van der Waals surface area contributed by atoms with Crippen LogP contribution in [0.15, 0.2) is 59.6 Å². The van der Waals surface area contributed by atoms with Crippen molar-refractivity contribution in [2.45, 2.75) is 69.9 Å². The van der Waals surface area contributed by atoms with Gasteiger partial charge in [-0.25, -0.2) is 9.48 Å². The zero-order valence-corrected chi connectivity index (χ0v) is 21.3. The lowest BCUT2D eigenvalue weighted by atomic mass is 10.1. The van der Waals surface area contributed by atoms with Gasteiger partial charge in [0.25, 0.3) is 0 Å². The summed E-state index contributed by atoms with van der Waals surface area (Å²) in [5.74, 6) is -0.736. The quantitative estimate of drug-likeness (QED) is 0.323. The summed E-state index contributed by atoms with van der Waals surface area (Å²) in [6.07, 6.45) is 1.77. The monoisotopic (exact) mass is 481 g/mol. The molecular formula is C26H31N3O4S. The number of hydrogen-bond acceptors (Lipinski definition) is 7. The van der Waals surface area contributed by atoms with Gasteiger partial charge in [0.2, 0.25) is 0 Å². The van der Waals surface area contributed by atoms with Gasteiger partial charge in [-0.05, 0) is 71.4 Å². The van der Waals surface area contributed by atoms with Crippen LogP contribution in [-0.4, -0.2) is 37.3 Å². The van der Waals surface area contributed by atoms with E-state index in [1.165, 1.54) is 17.3 Å². The van der Waals surface area contributed by atoms with E-state index in [-0.39, 0.29) is 12.6 Å². The molecule has 0 fully saturated rings. The van der Waals surface area contributed by atoms with Crippen LogP contribution < -0.4 is 0 Å². The maximum absolute atomic E-state index is 12.5. The molecule has 180 valence electrons. The van der Waals surface area contributed by atoms with E-state index in [0.717, 1.165) is 10.5 Å². The van der Waals surface area contributed by atoms with E-state index in [2.05, 4.69) is 22.4 Å². The van der Waals surface area contributed by atoms with Crippen LogP contribution in [0.25, 0.3) is 0 Å². The van der Waals surface area contributed by atoms with E-state index in [4.69, 9.17) is 9.47 Å². The van der Waals surface area contributed by atoms with Crippen LogP contribution >= 0.6 is 11.8 Å². The molecule has 2 aromatic carbocycles. The Bertz CT molecular complexity index is 1130. The van der Waals surface area contributed by atoms with Gasteiger partial charge in [0.05, 0.1) is 18.3 Å². The van der Waals surface area contributed by atoms with Crippen molar-refractivity contribution in [1.82, 2.24) is 15.0 Å². The Labute approximate surface area is 204 Å². The molecule has 0 unspecified atom stereocenters. The molecule has 0 aliphatic rings. The van der Waals surface area contributed by atoms with E-state index < -0.39 is 16.3 Å². The molecule has 1 heterocycles. The lowest BCUT2D eigenvalue weighted by Gasteiger charge is -2.28. The second kappa shape index (κ2) is 10.4. The van der Waals surface area contributed by atoms with Crippen LogP contribution in [0, 0.1) is 6.92 Å². The summed E-state index contributed by atoms with van der Waals surface area (Å²) in [7, 11) is 0. The van der Waals surface area contributed by atoms with Crippen molar-refractivity contribution < 1.29 is 19.1 Å². The van der Waals surface area contributed by atoms with Gasteiger partial charge in [-0.2, -0.15) is 0 Å². The minimum absolute atomic E-state index is 0.0366. The topological polar surface area (TPSA) is 83.3 Å². The Morgan fingerprint density at radius 2 is 1.62 bits per heavy atom. The smallest absolute Gasteiger partial charge is 0.338 e. The molecule has 0 aliphatic heterocycles. The Kier molecular flexibility index (Phi) is 7.82. The van der Waals surface area contributed by atoms with Gasteiger partial charge in [-0.3, -0.25) is 4.79 Å². The van der Waals surface area contributed by atoms with E-state index in [9.17, 15) is 9.59 Å². The second-order valence-electron chi connectivity index (χ2n) is 9.61. The van der Waals surface area contributed by atoms with Crippen LogP contribution in [0.4, 0.5) is 0 Å². The average Bonchev–Trinajstić information content (AvgIpc) is 3.20. The maximum atomic E-state index is 12.5. The highest BCUT2D eigenvalue weighted by atomic mass is 32.2. The number of aromatic nitrogens is 3. The summed E-state index contributed by atoms with van der Waals surface area (Å²) in [6.45, 7) is 11.8. The number of rotatable bonds is 8. The molecule has 0 saturated carbocycles. The Morgan fingerprint density at radius 3 is 2.24 bits per heavy atom. The van der Waals surface area contributed by atoms with Gasteiger partial charge in [-0.1, -0.05) is 35.0 Å². The van der Waals surface area contributed by atoms with Crippen molar-refractivity contribution in [2.75, 3.05) is 0 Å². The van der Waals surface area contributed by atoms with Gasteiger partial charge in [0.15, 0.2) is 0 Å². The van der Waals surface area contributed by atoms with Crippen LogP contribution in [0.2, 0.25) is 0 Å². The molecule has 7 nitrogen and oxygen atoms in total. The van der Waals surface area contributed by atoms with Crippen molar-refractivity contribution >= 4 is 23.7 Å². The van der Waals surface area contributed by atoms with Crippen molar-refractivity contribution in [3.63, 3.8) is 0 Å². The number of hydrogen-bond donors (Lipinski definition) is 0. The molecule has 0 N–H and O–H groups in total. The molecule has 0 spiro atoms. The normalized spacial score (nSPS) is 11.8. The van der Waals surface area contributed by atoms with Crippen molar-refractivity contribution in [3.8, 4) is 0 Å². The molecule has 34 heavy (non-hydrogen) atoms. The maximum Gasteiger partial charge on any atom is 0.338 e. The number of carbonyl (C=O) groups is 2. The zero-order chi connectivity index (χ0) is 24.9. The number of esters is 2. The number of nitrogens with zero attached hydrogens (tertiary/aromatic N) is 3. The number of ether oxygens (including phenoxy) is 2. The van der Waals surface area contributed by atoms with E-state index >= 15 is 0 Å². The SMILES string of the molecule is Cc1ccc(Cn2cc(COC(=O)c3ccc(SC(C)(C)C(=O)OC(C)(C)C)cc3)nn2)cc1. The summed E-state index contributed by atoms with van der Waals surface area (Å²) >= 11 is 1.38. The first kappa shape index (κ1) is 25.5. The van der Waals surface area contributed by atoms with Crippen LogP contribution in [0.5, 0.6) is 0 Å². The zero-order valence-electron chi connectivity index (χ0n) is 20.5. The summed E-state index contributed by atoms with van der Waals surface area (Å²) in [5.41, 5.74) is 2.77. The molecule has 8 heteroatoms. The molecule has 1 aromatic heterocycles. The molecule has 0 radical (unpaired) electrons. The molecule has 0 amide bonds. The van der Waals surface area contributed by atoms with Crippen LogP contribution in [0.1, 0.15) is 61.8 Å². The lowest BCUT2D eigenvalue weighted by Crippen LogP contribution is -2.36. The Balaban J connectivity index is 1.52. The number of benzene rings is 2. The molecule has 3 rings (SSSR count). The first-order chi connectivity index (χ1) is 15.9. The second-order valence-corrected chi connectivity index (χ2v) is 11.3. The molecule has 3 aromatic rings. The number of carbonyl (C=O) groups excluding carboxylic acids is 2. The van der Waals surface area contributed by atoms with E-state index in [1.54, 1.807) is 35.1 Å². The predicted octanol–water partition coefficient (Wildman–Crippen LogP) is 5.20. The highest BCUT2D eigenvalue weighted by Crippen LogP contribution is 2.34. The first-order valence-electron chi connectivity index (χ1n) is 11.1. The molecule has 0 bridgehead atoms. The Hall–Kier alpha value is -3.13. The van der Waals surface area contributed by atoms with Crippen molar-refractivity contribution in [3.05, 3.63) is 77.1 Å². The summed E-state index contributed by atoms with van der Waals surface area (Å²) in [6, 6.07) is 15.2. The highest BCUT2D eigenvalue weighted by Gasteiger charge is 2.33. The fourth-order valence-corrected chi connectivity index (χ4v) is 3.97. The fraction of sp³-hybridized carbons (Fsp3) is 0.385. The van der Waals surface area contributed by atoms with Gasteiger partial charge in [0.1, 0.15) is 22.6 Å². The molecule has 0 aliphatic carbocycles. The van der Waals surface area contributed by atoms with Crippen molar-refractivity contribution in [2.24, 2.45) is 0 Å². The Morgan fingerprint density at radius 1 is 0.971 bits per heavy atom. The van der Waals surface area contributed by atoms with Crippen molar-refractivity contribution in [1.29, 1.82) is 0 Å². The number of thioether (sulfide) groups is 1. The van der Waals surface area contributed by atoms with E-state index in [1.807, 2.05) is 53.7 Å². The van der Waals surface area contributed by atoms with Crippen LogP contribution in [-0.2, 0) is 27.4 Å². The first-order valence-corrected chi connectivity index (χ1v) is 11.9. The van der Waals surface area contributed by atoms with Gasteiger partial charge in [0, 0.05) is 4.90 Å². The van der Waals surface area contributed by atoms with Crippen LogP contribution in [0.3, 0.4) is 0 Å². The molecule has 0 saturated heterocycles. The lowest BCUT2D eigenvalue weighted by molar-refractivity contribution is -0.156. The third-order valence-electron chi connectivity index (χ3n) is 4.76. The van der Waals surface area contributed by atoms with E-state index in [0.29, 0.717) is 17.8 Å². The minimum atomic E-state index is -0.764. The largest absolute Gasteiger partial charge is 0.459 e. The highest BCUT2D eigenvalue weighted by molar-refractivity contribution is 8.01. The minimum Gasteiger partial charge on any atom is -0.459 e. The van der Waals surface area contributed by atoms with Gasteiger partial charge in [-0.15, -0.1) is 16.9 Å². The van der Waals surface area contributed by atoms with Gasteiger partial charge < -0.3 is 9.47 Å². The summed E-state index contributed by atoms with van der Waals surface area (Å²) in [5, 5.41) is 8.18. The van der Waals surface area contributed by atoms with Gasteiger partial charge >= 0.3 is 11.9 Å². The standard InChI is InChI=1S/C26H31N3O4S/c1-18-7-9-19(10-8-18)15-29-16-21(27-28-29)17-32-23(30)20-11-13-22(14-12-20)34-26(5,6)24(31)33-25(2,3)4/h7-14,16H,15,17H2,1-6H3.